The molecule has 1 aromatic rings. The van der Waals surface area contributed by atoms with Gasteiger partial charge in [-0.15, -0.1) is 0 Å². The molecule has 0 fully saturated rings. The maximum atomic E-state index is 12.4. The van der Waals surface area contributed by atoms with Gasteiger partial charge in [-0.3, -0.25) is 9.10 Å². The van der Waals surface area contributed by atoms with E-state index in [1.807, 2.05) is 39.8 Å². The van der Waals surface area contributed by atoms with Crippen molar-refractivity contribution in [2.24, 2.45) is 5.92 Å². The van der Waals surface area contributed by atoms with Crippen LogP contribution in [0.2, 0.25) is 0 Å². The zero-order valence-electron chi connectivity index (χ0n) is 14.1. The molecule has 2 atom stereocenters. The van der Waals surface area contributed by atoms with Gasteiger partial charge in [-0.05, 0) is 38.8 Å². The molecule has 0 aliphatic carbocycles. The Kier molecular flexibility index (Phi) is 6.00. The SMILES string of the molecule is Cc1ccc(N([C@H](C)C(=O)N[C@@H](C)C(C)C)S(C)(=O)=O)cc1. The zero-order chi connectivity index (χ0) is 17.1. The molecule has 124 valence electrons. The Bertz CT molecular complexity index is 609. The number of rotatable bonds is 6. The molecule has 0 spiro atoms. The lowest BCUT2D eigenvalue weighted by Gasteiger charge is -2.30. The Labute approximate surface area is 133 Å². The first-order valence-electron chi connectivity index (χ1n) is 7.40. The molecule has 0 radical (unpaired) electrons. The Morgan fingerprint density at radius 3 is 2.00 bits per heavy atom. The van der Waals surface area contributed by atoms with Gasteiger partial charge in [0.15, 0.2) is 0 Å². The number of hydrogen-bond donors (Lipinski definition) is 1. The topological polar surface area (TPSA) is 66.5 Å². The quantitative estimate of drug-likeness (QED) is 0.872. The van der Waals surface area contributed by atoms with Gasteiger partial charge in [-0.25, -0.2) is 8.42 Å². The summed E-state index contributed by atoms with van der Waals surface area (Å²) in [6.45, 7) is 9.44. The van der Waals surface area contributed by atoms with Gasteiger partial charge >= 0.3 is 0 Å². The van der Waals surface area contributed by atoms with Gasteiger partial charge in [0.2, 0.25) is 15.9 Å². The highest BCUT2D eigenvalue weighted by Crippen LogP contribution is 2.21. The van der Waals surface area contributed by atoms with Gasteiger partial charge in [0.05, 0.1) is 11.9 Å². The van der Waals surface area contributed by atoms with Gasteiger partial charge in [-0.1, -0.05) is 31.5 Å². The monoisotopic (exact) mass is 326 g/mol. The van der Waals surface area contributed by atoms with Crippen LogP contribution in [-0.4, -0.2) is 32.7 Å². The molecule has 0 unspecified atom stereocenters. The molecule has 1 aromatic carbocycles. The van der Waals surface area contributed by atoms with Gasteiger partial charge in [0, 0.05) is 6.04 Å². The van der Waals surface area contributed by atoms with Crippen LogP contribution in [0.5, 0.6) is 0 Å². The second kappa shape index (κ2) is 7.13. The van der Waals surface area contributed by atoms with E-state index < -0.39 is 16.1 Å². The number of hydrogen-bond acceptors (Lipinski definition) is 3. The summed E-state index contributed by atoms with van der Waals surface area (Å²) >= 11 is 0. The second-order valence-electron chi connectivity index (χ2n) is 6.11. The number of amides is 1. The summed E-state index contributed by atoms with van der Waals surface area (Å²) in [5.41, 5.74) is 1.52. The van der Waals surface area contributed by atoms with Crippen LogP contribution in [-0.2, 0) is 14.8 Å². The molecule has 0 saturated carbocycles. The first-order chi connectivity index (χ1) is 10.0. The Morgan fingerprint density at radius 2 is 1.59 bits per heavy atom. The maximum Gasteiger partial charge on any atom is 0.243 e. The van der Waals surface area contributed by atoms with E-state index in [1.54, 1.807) is 19.1 Å². The van der Waals surface area contributed by atoms with E-state index in [9.17, 15) is 13.2 Å². The number of benzene rings is 1. The summed E-state index contributed by atoms with van der Waals surface area (Å²) in [6.07, 6.45) is 1.11. The molecule has 0 aliphatic heterocycles. The molecule has 5 nitrogen and oxygen atoms in total. The summed E-state index contributed by atoms with van der Waals surface area (Å²) in [5.74, 6) is -0.0191. The van der Waals surface area contributed by atoms with Crippen molar-refractivity contribution < 1.29 is 13.2 Å². The van der Waals surface area contributed by atoms with Crippen molar-refractivity contribution >= 4 is 21.6 Å². The van der Waals surface area contributed by atoms with Crippen LogP contribution in [0.15, 0.2) is 24.3 Å². The smallest absolute Gasteiger partial charge is 0.243 e. The number of anilines is 1. The Balaban J connectivity index is 3.08. The summed E-state index contributed by atoms with van der Waals surface area (Å²) in [5, 5.41) is 2.87. The van der Waals surface area contributed by atoms with Gasteiger partial charge in [0.1, 0.15) is 6.04 Å². The molecule has 0 aromatic heterocycles. The number of nitrogens with zero attached hydrogens (tertiary/aromatic N) is 1. The summed E-state index contributed by atoms with van der Waals surface area (Å²) < 4.78 is 25.4. The molecule has 1 amide bonds. The molecule has 1 rings (SSSR count). The molecular weight excluding hydrogens is 300 g/mol. The highest BCUT2D eigenvalue weighted by molar-refractivity contribution is 7.92. The molecule has 0 aliphatic rings. The fourth-order valence-electron chi connectivity index (χ4n) is 2.01. The molecule has 0 bridgehead atoms. The van der Waals surface area contributed by atoms with Crippen molar-refractivity contribution in [3.63, 3.8) is 0 Å². The first kappa shape index (κ1) is 18.5. The summed E-state index contributed by atoms with van der Waals surface area (Å²) in [6, 6.07) is 6.26. The van der Waals surface area contributed by atoms with Crippen LogP contribution >= 0.6 is 0 Å². The van der Waals surface area contributed by atoms with Crippen molar-refractivity contribution in [1.82, 2.24) is 5.32 Å². The largest absolute Gasteiger partial charge is 0.352 e. The van der Waals surface area contributed by atoms with E-state index in [4.69, 9.17) is 0 Å². The fourth-order valence-corrected chi connectivity index (χ4v) is 3.19. The number of carbonyl (C=O) groups is 1. The highest BCUT2D eigenvalue weighted by Gasteiger charge is 2.29. The third-order valence-corrected chi connectivity index (χ3v) is 4.99. The van der Waals surface area contributed by atoms with Crippen LogP contribution in [0, 0.1) is 12.8 Å². The van der Waals surface area contributed by atoms with Crippen LogP contribution in [0.4, 0.5) is 5.69 Å². The fraction of sp³-hybridized carbons (Fsp3) is 0.562. The first-order valence-corrected chi connectivity index (χ1v) is 9.25. The van der Waals surface area contributed by atoms with Crippen molar-refractivity contribution in [2.75, 3.05) is 10.6 Å². The standard InChI is InChI=1S/C16H26N2O3S/c1-11(2)13(4)17-16(19)14(5)18(22(6,20)21)15-9-7-12(3)8-10-15/h7-11,13-14H,1-6H3,(H,17,19)/t13-,14+/m0/s1. The van der Waals surface area contributed by atoms with Crippen molar-refractivity contribution in [3.05, 3.63) is 29.8 Å². The minimum absolute atomic E-state index is 0.0191. The van der Waals surface area contributed by atoms with Crippen molar-refractivity contribution in [1.29, 1.82) is 0 Å². The zero-order valence-corrected chi connectivity index (χ0v) is 14.9. The second-order valence-corrected chi connectivity index (χ2v) is 7.97. The van der Waals surface area contributed by atoms with Crippen molar-refractivity contribution in [2.45, 2.75) is 46.7 Å². The lowest BCUT2D eigenvalue weighted by molar-refractivity contribution is -0.122. The Hall–Kier alpha value is -1.56. The summed E-state index contributed by atoms with van der Waals surface area (Å²) in [7, 11) is -3.56. The molecular formula is C16H26N2O3S. The number of aryl methyl sites for hydroxylation is 1. The molecule has 6 heteroatoms. The van der Waals surface area contributed by atoms with Crippen molar-refractivity contribution in [3.8, 4) is 0 Å². The van der Waals surface area contributed by atoms with Gasteiger partial charge < -0.3 is 5.32 Å². The van der Waals surface area contributed by atoms with E-state index in [2.05, 4.69) is 5.32 Å². The normalized spacial score (nSPS) is 14.5. The number of sulfonamides is 1. The van der Waals surface area contributed by atoms with Crippen LogP contribution in [0.1, 0.15) is 33.3 Å². The lowest BCUT2D eigenvalue weighted by Crippen LogP contribution is -2.50. The molecule has 22 heavy (non-hydrogen) atoms. The van der Waals surface area contributed by atoms with Gasteiger partial charge in [-0.2, -0.15) is 0 Å². The Morgan fingerprint density at radius 1 is 1.09 bits per heavy atom. The van der Waals surface area contributed by atoms with E-state index in [0.717, 1.165) is 16.1 Å². The number of carbonyl (C=O) groups excluding carboxylic acids is 1. The third kappa shape index (κ3) is 4.73. The maximum absolute atomic E-state index is 12.4. The average Bonchev–Trinajstić information content (AvgIpc) is 2.39. The predicted molar refractivity (Wildman–Crippen MR) is 90.4 cm³/mol. The predicted octanol–water partition coefficient (Wildman–Crippen LogP) is 2.31. The van der Waals surface area contributed by atoms with E-state index in [1.165, 1.54) is 0 Å². The van der Waals surface area contributed by atoms with Crippen LogP contribution in [0.25, 0.3) is 0 Å². The summed E-state index contributed by atoms with van der Waals surface area (Å²) in [4.78, 5) is 12.4. The van der Waals surface area contributed by atoms with Crippen LogP contribution in [0.3, 0.4) is 0 Å². The minimum atomic E-state index is -3.56. The highest BCUT2D eigenvalue weighted by atomic mass is 32.2. The average molecular weight is 326 g/mol. The van der Waals surface area contributed by atoms with E-state index >= 15 is 0 Å². The number of nitrogens with one attached hydrogen (secondary N) is 1. The third-order valence-electron chi connectivity index (χ3n) is 3.75. The molecule has 1 N–H and O–H groups in total. The molecule has 0 saturated heterocycles. The lowest BCUT2D eigenvalue weighted by atomic mass is 10.1. The van der Waals surface area contributed by atoms with E-state index in [0.29, 0.717) is 5.69 Å². The molecule has 0 heterocycles. The van der Waals surface area contributed by atoms with Crippen LogP contribution < -0.4 is 9.62 Å². The van der Waals surface area contributed by atoms with Gasteiger partial charge in [0.25, 0.3) is 0 Å². The minimum Gasteiger partial charge on any atom is -0.352 e. The van der Waals surface area contributed by atoms with E-state index in [-0.39, 0.29) is 17.9 Å².